The number of nitrogens with one attached hydrogen (secondary N) is 1. The average Bonchev–Trinajstić information content (AvgIpc) is 2.87. The zero-order valence-corrected chi connectivity index (χ0v) is 16.0. The highest BCUT2D eigenvalue weighted by Crippen LogP contribution is 2.42. The molecule has 0 amide bonds. The second-order valence-electron chi connectivity index (χ2n) is 8.70. The van der Waals surface area contributed by atoms with Crippen molar-refractivity contribution in [1.29, 1.82) is 0 Å². The molecule has 1 unspecified atom stereocenters. The van der Waals surface area contributed by atoms with Crippen LogP contribution in [0.3, 0.4) is 0 Å². The van der Waals surface area contributed by atoms with E-state index >= 15 is 0 Å². The summed E-state index contributed by atoms with van der Waals surface area (Å²) in [6, 6.07) is 16.2. The summed E-state index contributed by atoms with van der Waals surface area (Å²) in [5.74, 6) is 1.12. The van der Waals surface area contributed by atoms with Gasteiger partial charge in [0.05, 0.1) is 6.61 Å². The van der Waals surface area contributed by atoms with Gasteiger partial charge in [0.25, 0.3) is 0 Å². The van der Waals surface area contributed by atoms with Crippen LogP contribution in [0.4, 0.5) is 0 Å². The fraction of sp³-hybridized carbons (Fsp3) is 0.500. The Morgan fingerprint density at radius 1 is 0.963 bits per heavy atom. The number of benzene rings is 2. The molecule has 3 aliphatic rings. The van der Waals surface area contributed by atoms with Crippen LogP contribution in [0.5, 0.6) is 5.75 Å². The molecule has 1 heterocycles. The number of hydrogen-bond acceptors (Lipinski definition) is 3. The van der Waals surface area contributed by atoms with Gasteiger partial charge in [-0.25, -0.2) is 0 Å². The van der Waals surface area contributed by atoms with Gasteiger partial charge in [-0.15, -0.1) is 0 Å². The van der Waals surface area contributed by atoms with Gasteiger partial charge in [0.2, 0.25) is 0 Å². The molecule has 0 aromatic heterocycles. The van der Waals surface area contributed by atoms with Crippen LogP contribution in [0.25, 0.3) is 0 Å². The number of ether oxygens (including phenoxy) is 1. The van der Waals surface area contributed by atoms with Crippen molar-refractivity contribution >= 4 is 0 Å². The molecule has 2 aromatic carbocycles. The molecular weight excluding hydrogens is 332 g/mol. The molecular formula is C24H30N2O. The van der Waals surface area contributed by atoms with Crippen molar-refractivity contribution in [2.45, 2.75) is 69.0 Å². The molecule has 5 rings (SSSR count). The highest BCUT2D eigenvalue weighted by atomic mass is 16.5. The Kier molecular flexibility index (Phi) is 4.45. The van der Waals surface area contributed by atoms with E-state index in [0.29, 0.717) is 12.1 Å². The summed E-state index contributed by atoms with van der Waals surface area (Å²) in [7, 11) is 0. The minimum atomic E-state index is -0.168. The quantitative estimate of drug-likeness (QED) is 0.851. The molecule has 1 saturated carbocycles. The van der Waals surface area contributed by atoms with Crippen LogP contribution in [0.15, 0.2) is 42.5 Å². The molecule has 1 aliphatic heterocycles. The fourth-order valence-electron chi connectivity index (χ4n) is 5.21. The first-order valence-electron chi connectivity index (χ1n) is 10.6. The molecule has 27 heavy (non-hydrogen) atoms. The summed E-state index contributed by atoms with van der Waals surface area (Å²) in [5.41, 5.74) is 12.2. The molecule has 0 spiro atoms. The van der Waals surface area contributed by atoms with Gasteiger partial charge in [0.15, 0.2) is 0 Å². The monoisotopic (exact) mass is 362 g/mol. The summed E-state index contributed by atoms with van der Waals surface area (Å²) >= 11 is 0. The molecule has 142 valence electrons. The van der Waals surface area contributed by atoms with Crippen molar-refractivity contribution in [2.24, 2.45) is 5.73 Å². The number of aryl methyl sites for hydroxylation is 2. The third kappa shape index (κ3) is 3.28. The summed E-state index contributed by atoms with van der Waals surface area (Å²) in [5, 5.41) is 3.92. The third-order valence-electron chi connectivity index (χ3n) is 6.75. The zero-order chi connectivity index (χ0) is 18.3. The second kappa shape index (κ2) is 6.96. The van der Waals surface area contributed by atoms with Crippen LogP contribution in [0.1, 0.15) is 66.8 Å². The smallest absolute Gasteiger partial charge is 0.124 e. The number of nitrogens with two attached hydrogens (primary N) is 1. The normalized spacial score (nSPS) is 29.7. The number of hydrogen-bond donors (Lipinski definition) is 2. The van der Waals surface area contributed by atoms with Crippen LogP contribution in [-0.2, 0) is 18.4 Å². The molecule has 2 aromatic rings. The maximum Gasteiger partial charge on any atom is 0.124 e. The van der Waals surface area contributed by atoms with E-state index in [1.54, 1.807) is 5.56 Å². The highest BCUT2D eigenvalue weighted by Gasteiger charge is 2.43. The Bertz CT molecular complexity index is 811. The Balaban J connectivity index is 1.33. The highest BCUT2D eigenvalue weighted by molar-refractivity contribution is 5.46. The Hall–Kier alpha value is -1.84. The van der Waals surface area contributed by atoms with Gasteiger partial charge >= 0.3 is 0 Å². The predicted octanol–water partition coefficient (Wildman–Crippen LogP) is 4.39. The first-order chi connectivity index (χ1) is 13.2. The molecule has 0 radical (unpaired) electrons. The van der Waals surface area contributed by atoms with Crippen molar-refractivity contribution in [1.82, 2.24) is 5.32 Å². The average molecular weight is 363 g/mol. The number of rotatable bonds is 3. The second-order valence-corrected chi connectivity index (χ2v) is 8.70. The third-order valence-corrected chi connectivity index (χ3v) is 6.75. The van der Waals surface area contributed by atoms with Crippen molar-refractivity contribution in [3.8, 4) is 5.75 Å². The zero-order valence-electron chi connectivity index (χ0n) is 16.0. The van der Waals surface area contributed by atoms with E-state index in [1.165, 1.54) is 42.4 Å². The Morgan fingerprint density at radius 2 is 1.70 bits per heavy atom. The lowest BCUT2D eigenvalue weighted by Gasteiger charge is -2.47. The van der Waals surface area contributed by atoms with E-state index in [4.69, 9.17) is 10.5 Å². The van der Waals surface area contributed by atoms with Gasteiger partial charge in [0.1, 0.15) is 5.75 Å². The minimum Gasteiger partial charge on any atom is -0.493 e. The van der Waals surface area contributed by atoms with Crippen molar-refractivity contribution in [3.05, 3.63) is 64.7 Å². The molecule has 0 saturated heterocycles. The molecule has 3 nitrogen and oxygen atoms in total. The van der Waals surface area contributed by atoms with Gasteiger partial charge in [-0.2, -0.15) is 0 Å². The van der Waals surface area contributed by atoms with E-state index in [-0.39, 0.29) is 5.54 Å². The Morgan fingerprint density at radius 3 is 2.48 bits per heavy atom. The number of fused-ring (bicyclic) bond motifs is 2. The molecule has 2 aliphatic carbocycles. The van der Waals surface area contributed by atoms with Crippen molar-refractivity contribution < 1.29 is 4.74 Å². The lowest BCUT2D eigenvalue weighted by molar-refractivity contribution is 0.161. The van der Waals surface area contributed by atoms with E-state index in [1.807, 2.05) is 0 Å². The largest absolute Gasteiger partial charge is 0.493 e. The van der Waals surface area contributed by atoms with Gasteiger partial charge in [-0.05, 0) is 74.1 Å². The van der Waals surface area contributed by atoms with Gasteiger partial charge < -0.3 is 15.8 Å². The molecule has 3 N–H and O–H groups in total. The molecule has 0 bridgehead atoms. The Labute approximate surface area is 162 Å². The van der Waals surface area contributed by atoms with Gasteiger partial charge in [-0.3, -0.25) is 0 Å². The summed E-state index contributed by atoms with van der Waals surface area (Å²) in [6.45, 7) is 0.833. The van der Waals surface area contributed by atoms with Crippen LogP contribution in [0.2, 0.25) is 0 Å². The summed E-state index contributed by atoms with van der Waals surface area (Å²) in [4.78, 5) is 0. The molecule has 1 fully saturated rings. The first-order valence-corrected chi connectivity index (χ1v) is 10.6. The topological polar surface area (TPSA) is 47.3 Å². The van der Waals surface area contributed by atoms with E-state index in [9.17, 15) is 0 Å². The maximum atomic E-state index is 6.67. The lowest BCUT2D eigenvalue weighted by Crippen LogP contribution is -2.57. The lowest BCUT2D eigenvalue weighted by atomic mass is 9.69. The van der Waals surface area contributed by atoms with E-state index in [0.717, 1.165) is 38.0 Å². The fourth-order valence-corrected chi connectivity index (χ4v) is 5.21. The minimum absolute atomic E-state index is 0.168. The van der Waals surface area contributed by atoms with E-state index < -0.39 is 0 Å². The van der Waals surface area contributed by atoms with Crippen molar-refractivity contribution in [2.75, 3.05) is 6.61 Å². The van der Waals surface area contributed by atoms with E-state index in [2.05, 4.69) is 47.8 Å². The van der Waals surface area contributed by atoms with Crippen LogP contribution < -0.4 is 15.8 Å². The van der Waals surface area contributed by atoms with Crippen LogP contribution in [-0.4, -0.2) is 12.6 Å². The summed E-state index contributed by atoms with van der Waals surface area (Å²) < 4.78 is 6.12. The summed E-state index contributed by atoms with van der Waals surface area (Å²) in [6.07, 6.45) is 9.33. The molecule has 3 heteroatoms. The van der Waals surface area contributed by atoms with Gasteiger partial charge in [0, 0.05) is 23.2 Å². The SMILES string of the molecule is NC1(c2ccccc2)CC(NC2CCCOc3cc4c(cc32)CCCC4)C1. The molecule has 1 atom stereocenters. The first kappa shape index (κ1) is 17.3. The standard InChI is InChI=1S/C24H30N2O/c25-24(19-9-2-1-3-10-19)15-20(16-24)26-22-11-6-12-27-23-14-18-8-5-4-7-17(18)13-21(22)23/h1-3,9-10,13-14,20,22,26H,4-8,11-12,15-16,25H2. The van der Waals surface area contributed by atoms with Crippen LogP contribution in [0, 0.1) is 0 Å². The van der Waals surface area contributed by atoms with Crippen LogP contribution >= 0.6 is 0 Å². The van der Waals surface area contributed by atoms with Gasteiger partial charge in [-0.1, -0.05) is 36.4 Å². The maximum absolute atomic E-state index is 6.67. The van der Waals surface area contributed by atoms with Crippen molar-refractivity contribution in [3.63, 3.8) is 0 Å². The predicted molar refractivity (Wildman–Crippen MR) is 109 cm³/mol.